The van der Waals surface area contributed by atoms with E-state index >= 15 is 0 Å². The average molecular weight is 300 g/mol. The molecule has 0 aromatic heterocycles. The van der Waals surface area contributed by atoms with E-state index in [1.165, 1.54) is 23.1 Å². The number of anilines is 1. The van der Waals surface area contributed by atoms with Crippen molar-refractivity contribution in [2.45, 2.75) is 44.3 Å². The van der Waals surface area contributed by atoms with Gasteiger partial charge >= 0.3 is 12.2 Å². The standard InChI is InChI=1S/C15H19F3N2O/c1-20(11-7-3-2-4-8-11)14(21)19-13-10-6-5-9-12(13)15(16,17)18/h5-6,9-11H,2-4,7-8H2,1H3,(H,19,21). The van der Waals surface area contributed by atoms with Crippen LogP contribution < -0.4 is 5.32 Å². The van der Waals surface area contributed by atoms with E-state index in [0.29, 0.717) is 0 Å². The Morgan fingerprint density at radius 2 is 1.81 bits per heavy atom. The van der Waals surface area contributed by atoms with Crippen molar-refractivity contribution in [1.29, 1.82) is 0 Å². The third-order valence-corrected chi connectivity index (χ3v) is 3.92. The van der Waals surface area contributed by atoms with Gasteiger partial charge in [-0.15, -0.1) is 0 Å². The first-order chi connectivity index (χ1) is 9.89. The Kier molecular flexibility index (Phi) is 4.75. The molecule has 0 radical (unpaired) electrons. The van der Waals surface area contributed by atoms with E-state index < -0.39 is 17.8 Å². The van der Waals surface area contributed by atoms with E-state index in [-0.39, 0.29) is 11.7 Å². The molecule has 0 spiro atoms. The molecule has 0 heterocycles. The zero-order valence-electron chi connectivity index (χ0n) is 11.9. The van der Waals surface area contributed by atoms with Gasteiger partial charge in [0.25, 0.3) is 0 Å². The highest BCUT2D eigenvalue weighted by Crippen LogP contribution is 2.34. The normalized spacial score (nSPS) is 16.6. The van der Waals surface area contributed by atoms with E-state index in [0.717, 1.165) is 38.2 Å². The van der Waals surface area contributed by atoms with Gasteiger partial charge in [0, 0.05) is 13.1 Å². The van der Waals surface area contributed by atoms with Crippen molar-refractivity contribution in [2.24, 2.45) is 0 Å². The predicted octanol–water partition coefficient (Wildman–Crippen LogP) is 4.50. The van der Waals surface area contributed by atoms with Gasteiger partial charge in [0.15, 0.2) is 0 Å². The minimum absolute atomic E-state index is 0.108. The van der Waals surface area contributed by atoms with E-state index in [9.17, 15) is 18.0 Å². The number of nitrogens with one attached hydrogen (secondary N) is 1. The summed E-state index contributed by atoms with van der Waals surface area (Å²) in [7, 11) is 1.64. The third kappa shape index (κ3) is 3.89. The number of alkyl halides is 3. The second kappa shape index (κ2) is 6.37. The number of benzene rings is 1. The number of para-hydroxylation sites is 1. The van der Waals surface area contributed by atoms with Crippen LogP contribution in [0.25, 0.3) is 0 Å². The summed E-state index contributed by atoms with van der Waals surface area (Å²) in [4.78, 5) is 13.7. The van der Waals surface area contributed by atoms with Crippen LogP contribution in [-0.2, 0) is 6.18 Å². The molecule has 0 bridgehead atoms. The molecule has 1 aliphatic carbocycles. The Bertz CT molecular complexity index is 496. The van der Waals surface area contributed by atoms with Crippen molar-refractivity contribution in [1.82, 2.24) is 4.90 Å². The van der Waals surface area contributed by atoms with Gasteiger partial charge in [-0.25, -0.2) is 4.79 Å². The molecule has 0 aliphatic heterocycles. The van der Waals surface area contributed by atoms with Crippen LogP contribution in [-0.4, -0.2) is 24.0 Å². The number of amides is 2. The van der Waals surface area contributed by atoms with E-state index in [1.807, 2.05) is 0 Å². The Morgan fingerprint density at radius 3 is 2.43 bits per heavy atom. The van der Waals surface area contributed by atoms with Gasteiger partial charge in [-0.05, 0) is 25.0 Å². The first kappa shape index (κ1) is 15.7. The van der Waals surface area contributed by atoms with E-state index in [1.54, 1.807) is 7.05 Å². The van der Waals surface area contributed by atoms with Gasteiger partial charge in [0.1, 0.15) is 0 Å². The fourth-order valence-corrected chi connectivity index (χ4v) is 2.68. The molecule has 1 aromatic carbocycles. The minimum atomic E-state index is -4.48. The van der Waals surface area contributed by atoms with E-state index in [4.69, 9.17) is 0 Å². The maximum atomic E-state index is 12.9. The molecule has 1 fully saturated rings. The summed E-state index contributed by atoms with van der Waals surface area (Å²) in [6, 6.07) is 4.65. The molecule has 2 rings (SSSR count). The number of carbonyl (C=O) groups excluding carboxylic acids is 1. The Labute approximate surface area is 122 Å². The van der Waals surface area contributed by atoms with Gasteiger partial charge in [-0.1, -0.05) is 31.4 Å². The predicted molar refractivity (Wildman–Crippen MR) is 75.1 cm³/mol. The number of halogens is 3. The second-order valence-corrected chi connectivity index (χ2v) is 5.38. The molecule has 0 atom stereocenters. The first-order valence-electron chi connectivity index (χ1n) is 7.09. The van der Waals surface area contributed by atoms with Crippen molar-refractivity contribution in [3.63, 3.8) is 0 Å². The summed E-state index contributed by atoms with van der Waals surface area (Å²) in [5.74, 6) is 0. The molecule has 1 saturated carbocycles. The first-order valence-corrected chi connectivity index (χ1v) is 7.09. The SMILES string of the molecule is CN(C(=O)Nc1ccccc1C(F)(F)F)C1CCCCC1. The highest BCUT2D eigenvalue weighted by molar-refractivity contribution is 5.90. The zero-order chi connectivity index (χ0) is 15.5. The lowest BCUT2D eigenvalue weighted by Gasteiger charge is -2.31. The fourth-order valence-electron chi connectivity index (χ4n) is 2.68. The third-order valence-electron chi connectivity index (χ3n) is 3.92. The molecule has 1 N–H and O–H groups in total. The molecule has 116 valence electrons. The number of carbonyl (C=O) groups is 1. The van der Waals surface area contributed by atoms with Crippen LogP contribution >= 0.6 is 0 Å². The van der Waals surface area contributed by atoms with Crippen molar-refractivity contribution in [3.8, 4) is 0 Å². The largest absolute Gasteiger partial charge is 0.418 e. The number of rotatable bonds is 2. The summed E-state index contributed by atoms with van der Waals surface area (Å²) in [6.45, 7) is 0. The van der Waals surface area contributed by atoms with Crippen molar-refractivity contribution in [2.75, 3.05) is 12.4 Å². The van der Waals surface area contributed by atoms with Gasteiger partial charge in [-0.2, -0.15) is 13.2 Å². The number of nitrogens with zero attached hydrogens (tertiary/aromatic N) is 1. The lowest BCUT2D eigenvalue weighted by Crippen LogP contribution is -2.41. The van der Waals surface area contributed by atoms with Gasteiger partial charge < -0.3 is 10.2 Å². The molecule has 6 heteroatoms. The van der Waals surface area contributed by atoms with Crippen LogP contribution in [0.15, 0.2) is 24.3 Å². The molecule has 0 unspecified atom stereocenters. The molecule has 1 aromatic rings. The quantitative estimate of drug-likeness (QED) is 0.856. The average Bonchev–Trinajstić information content (AvgIpc) is 2.47. The highest BCUT2D eigenvalue weighted by Gasteiger charge is 2.34. The van der Waals surface area contributed by atoms with Crippen LogP contribution in [0.5, 0.6) is 0 Å². The maximum Gasteiger partial charge on any atom is 0.418 e. The van der Waals surface area contributed by atoms with Crippen LogP contribution in [0.2, 0.25) is 0 Å². The summed E-state index contributed by atoms with van der Waals surface area (Å²) in [6.07, 6.45) is 0.606. The monoisotopic (exact) mass is 300 g/mol. The van der Waals surface area contributed by atoms with Crippen LogP contribution in [0.3, 0.4) is 0 Å². The molecule has 2 amide bonds. The maximum absolute atomic E-state index is 12.9. The van der Waals surface area contributed by atoms with Gasteiger partial charge in [-0.3, -0.25) is 0 Å². The molecule has 3 nitrogen and oxygen atoms in total. The summed E-state index contributed by atoms with van der Waals surface area (Å²) in [5.41, 5.74) is -1.02. The zero-order valence-corrected chi connectivity index (χ0v) is 11.9. The Morgan fingerprint density at radius 1 is 1.19 bits per heavy atom. The molecule has 21 heavy (non-hydrogen) atoms. The summed E-state index contributed by atoms with van der Waals surface area (Å²) in [5, 5.41) is 2.38. The number of hydrogen-bond acceptors (Lipinski definition) is 1. The van der Waals surface area contributed by atoms with Crippen LogP contribution in [0.4, 0.5) is 23.7 Å². The van der Waals surface area contributed by atoms with Crippen molar-refractivity contribution < 1.29 is 18.0 Å². The molecule has 0 saturated heterocycles. The van der Waals surface area contributed by atoms with Gasteiger partial charge in [0.05, 0.1) is 11.3 Å². The highest BCUT2D eigenvalue weighted by atomic mass is 19.4. The van der Waals surface area contributed by atoms with Crippen molar-refractivity contribution >= 4 is 11.7 Å². The van der Waals surface area contributed by atoms with E-state index in [2.05, 4.69) is 5.32 Å². The smallest absolute Gasteiger partial charge is 0.325 e. The molecular formula is C15H19F3N2O. The van der Waals surface area contributed by atoms with Crippen LogP contribution in [0, 0.1) is 0 Å². The lowest BCUT2D eigenvalue weighted by atomic mass is 9.95. The number of urea groups is 1. The molecule has 1 aliphatic rings. The summed E-state index contributed by atoms with van der Waals surface area (Å²) < 4.78 is 38.7. The summed E-state index contributed by atoms with van der Waals surface area (Å²) >= 11 is 0. The van der Waals surface area contributed by atoms with Gasteiger partial charge in [0.2, 0.25) is 0 Å². The van der Waals surface area contributed by atoms with Crippen molar-refractivity contribution in [3.05, 3.63) is 29.8 Å². The Balaban J connectivity index is 2.09. The number of hydrogen-bond donors (Lipinski definition) is 1. The van der Waals surface area contributed by atoms with Crippen LogP contribution in [0.1, 0.15) is 37.7 Å². The Hall–Kier alpha value is -1.72. The topological polar surface area (TPSA) is 32.3 Å². The lowest BCUT2D eigenvalue weighted by molar-refractivity contribution is -0.136. The minimum Gasteiger partial charge on any atom is -0.325 e. The molecular weight excluding hydrogens is 281 g/mol. The second-order valence-electron chi connectivity index (χ2n) is 5.38. The fraction of sp³-hybridized carbons (Fsp3) is 0.533.